The molecule has 5 nitrogen and oxygen atoms in total. The number of unbranched alkanes of at least 4 members (excludes halogenated alkanes) is 1. The number of rotatable bonds is 14. The lowest BCUT2D eigenvalue weighted by molar-refractivity contribution is -0.458. The van der Waals surface area contributed by atoms with Gasteiger partial charge in [-0.25, -0.2) is 13.2 Å². The number of halogens is 21. The van der Waals surface area contributed by atoms with Gasteiger partial charge in [-0.3, -0.25) is 0 Å². The minimum Gasteiger partial charge on any atom is -0.403 e. The summed E-state index contributed by atoms with van der Waals surface area (Å²) in [6.45, 7) is 1.10. The van der Waals surface area contributed by atoms with E-state index >= 15 is 4.39 Å². The lowest BCUT2D eigenvalue weighted by Crippen LogP contribution is -2.76. The second kappa shape index (κ2) is 11.7. The van der Waals surface area contributed by atoms with Crippen molar-refractivity contribution in [2.75, 3.05) is 6.54 Å². The summed E-state index contributed by atoms with van der Waals surface area (Å²) in [5.74, 6) is -63.6. The molecule has 1 atom stereocenters. The molecule has 0 aromatic carbocycles. The Morgan fingerprint density at radius 3 is 1.24 bits per heavy atom. The summed E-state index contributed by atoms with van der Waals surface area (Å²) in [4.78, 5) is 11.5. The molecule has 0 radical (unpaired) electrons. The normalized spacial score (nSPS) is 16.9. The molecule has 268 valence electrons. The molecule has 0 N–H and O–H groups in total. The van der Waals surface area contributed by atoms with E-state index in [9.17, 15) is 101 Å². The number of alkyl halides is 21. The summed E-state index contributed by atoms with van der Waals surface area (Å²) < 4.78 is 310. The zero-order valence-electron chi connectivity index (χ0n) is 21.3. The van der Waals surface area contributed by atoms with Gasteiger partial charge >= 0.3 is 65.1 Å². The number of hydrogen-bond donors (Lipinski definition) is 0. The van der Waals surface area contributed by atoms with Gasteiger partial charge in [0.05, 0.1) is 0 Å². The second-order valence-corrected chi connectivity index (χ2v) is 10.5. The van der Waals surface area contributed by atoms with Crippen LogP contribution in [0.15, 0.2) is 12.2 Å². The predicted molar refractivity (Wildman–Crippen MR) is 102 cm³/mol. The van der Waals surface area contributed by atoms with Crippen molar-refractivity contribution in [3.05, 3.63) is 12.2 Å². The van der Waals surface area contributed by atoms with Crippen LogP contribution in [-0.2, 0) is 19.6 Å². The quantitative estimate of drug-likeness (QED) is 0.0603. The molecule has 0 aliphatic carbocycles. The number of esters is 1. The molecule has 0 saturated heterocycles. The smallest absolute Gasteiger partial charge is 0.403 e. The van der Waals surface area contributed by atoms with Crippen LogP contribution in [0.5, 0.6) is 0 Å². The Morgan fingerprint density at radius 2 is 0.956 bits per heavy atom. The number of nitrogens with zero attached hydrogens (tertiary/aromatic N) is 1. The first-order valence-electron chi connectivity index (χ1n) is 10.7. The third-order valence-corrected chi connectivity index (χ3v) is 7.17. The number of carbonyl (C=O) groups is 1. The zero-order chi connectivity index (χ0) is 37.1. The number of ether oxygens (including phenoxy) is 1. The molecule has 0 aliphatic heterocycles. The number of hydrogen-bond acceptors (Lipinski definition) is 4. The zero-order valence-corrected chi connectivity index (χ0v) is 22.1. The van der Waals surface area contributed by atoms with E-state index < -0.39 is 104 Å². The fourth-order valence-corrected chi connectivity index (χ4v) is 4.18. The molecule has 0 amide bonds. The van der Waals surface area contributed by atoms with Gasteiger partial charge in [0.2, 0.25) is 0 Å². The van der Waals surface area contributed by atoms with Gasteiger partial charge in [-0.05, 0) is 13.3 Å². The first-order chi connectivity index (χ1) is 19.3. The largest absolute Gasteiger partial charge is 0.478 e. The summed E-state index contributed by atoms with van der Waals surface area (Å²) in [6.07, 6.45) is -17.5. The van der Waals surface area contributed by atoms with Crippen molar-refractivity contribution in [3.8, 4) is 0 Å². The standard InChI is InChI=1S/C18H14F21NO4S/c1-4-5-6-40(18(39,16(34,35)36)44-8(41)7(2)3)45(42,43)17(37,38)14(29,30)12(25,26)10(21,22)9(19,20)11(23,24)13(27,28)15(31,32)33/h2,4-6H2,1,3H3. The fourth-order valence-electron chi connectivity index (χ4n) is 2.63. The van der Waals surface area contributed by atoms with E-state index in [1.165, 1.54) is 0 Å². The second-order valence-electron chi connectivity index (χ2n) is 8.62. The van der Waals surface area contributed by atoms with Gasteiger partial charge in [-0.1, -0.05) is 19.9 Å². The van der Waals surface area contributed by atoms with Gasteiger partial charge in [0.1, 0.15) is 0 Å². The van der Waals surface area contributed by atoms with Crippen LogP contribution >= 0.6 is 0 Å². The lowest BCUT2D eigenvalue weighted by atomic mass is 9.91. The maximum atomic E-state index is 15.0. The summed E-state index contributed by atoms with van der Waals surface area (Å²) >= 11 is 0. The summed E-state index contributed by atoms with van der Waals surface area (Å²) in [5, 5.41) is -8.54. The highest BCUT2D eigenvalue weighted by molar-refractivity contribution is 7.90. The van der Waals surface area contributed by atoms with Crippen LogP contribution in [0.2, 0.25) is 0 Å². The molecule has 45 heavy (non-hydrogen) atoms. The van der Waals surface area contributed by atoms with E-state index in [0.29, 0.717) is 6.92 Å². The fraction of sp³-hybridized carbons (Fsp3) is 0.833. The summed E-state index contributed by atoms with van der Waals surface area (Å²) in [7, 11) is -8.84. The van der Waals surface area contributed by atoms with E-state index in [2.05, 4.69) is 11.3 Å². The van der Waals surface area contributed by atoms with E-state index in [1.54, 1.807) is 0 Å². The Kier molecular flexibility index (Phi) is 11.1. The first kappa shape index (κ1) is 42.6. The molecule has 0 heterocycles. The third-order valence-electron chi connectivity index (χ3n) is 5.27. The van der Waals surface area contributed by atoms with E-state index in [4.69, 9.17) is 0 Å². The average molecular weight is 739 g/mol. The van der Waals surface area contributed by atoms with Crippen molar-refractivity contribution in [2.24, 2.45) is 0 Å². The van der Waals surface area contributed by atoms with Crippen LogP contribution in [0.1, 0.15) is 26.7 Å². The Balaban J connectivity index is 7.67. The third kappa shape index (κ3) is 6.09. The molecule has 0 fully saturated rings. The van der Waals surface area contributed by atoms with Crippen molar-refractivity contribution >= 4 is 16.0 Å². The van der Waals surface area contributed by atoms with Gasteiger partial charge in [0, 0.05) is 12.1 Å². The summed E-state index contributed by atoms with van der Waals surface area (Å²) in [5.41, 5.74) is -1.35. The maximum Gasteiger partial charge on any atom is 0.478 e. The Labute approximate surface area is 236 Å². The van der Waals surface area contributed by atoms with Crippen LogP contribution < -0.4 is 0 Å². The minimum absolute atomic E-state index is 0.355. The Bertz CT molecular complexity index is 1220. The van der Waals surface area contributed by atoms with E-state index in [1.807, 2.05) is 0 Å². The van der Waals surface area contributed by atoms with Crippen LogP contribution in [0.4, 0.5) is 92.2 Å². The monoisotopic (exact) mass is 739 g/mol. The van der Waals surface area contributed by atoms with Gasteiger partial charge in [0.25, 0.3) is 10.0 Å². The molecule has 0 aliphatic rings. The molecule has 1 unspecified atom stereocenters. The van der Waals surface area contributed by atoms with Crippen LogP contribution in [0.25, 0.3) is 0 Å². The SMILES string of the molecule is C=C(C)C(=O)OC(F)(N(CCCC)S(=O)(=O)C(F)(F)C(F)(F)C(F)(F)C(F)(F)C(F)(F)C(F)(F)C(F)(F)C(F)(F)F)C(F)(F)F. The molecule has 0 aromatic rings. The lowest BCUT2D eigenvalue weighted by Gasteiger charge is -2.44. The molecular formula is C18H14F21NO4S. The highest BCUT2D eigenvalue weighted by Gasteiger charge is 2.96. The molecule has 0 aromatic heterocycles. The van der Waals surface area contributed by atoms with Crippen molar-refractivity contribution < 1.29 is 110 Å². The van der Waals surface area contributed by atoms with Gasteiger partial charge in [0.15, 0.2) is 0 Å². The van der Waals surface area contributed by atoms with Crippen LogP contribution in [-0.4, -0.2) is 84.4 Å². The molecule has 0 rings (SSSR count). The van der Waals surface area contributed by atoms with E-state index in [-0.39, 0.29) is 0 Å². The van der Waals surface area contributed by atoms with Gasteiger partial charge in [-0.15, -0.1) is 4.31 Å². The Hall–Kier alpha value is -2.35. The van der Waals surface area contributed by atoms with Crippen LogP contribution in [0, 0.1) is 0 Å². The van der Waals surface area contributed by atoms with Crippen LogP contribution in [0.3, 0.4) is 0 Å². The molecule has 27 heteroatoms. The van der Waals surface area contributed by atoms with Crippen molar-refractivity contribution in [1.29, 1.82) is 0 Å². The predicted octanol–water partition coefficient (Wildman–Crippen LogP) is 7.69. The summed E-state index contributed by atoms with van der Waals surface area (Å²) in [6, 6.07) is 0. The highest BCUT2D eigenvalue weighted by atomic mass is 32.2. The van der Waals surface area contributed by atoms with Crippen molar-refractivity contribution in [2.45, 2.75) is 85.8 Å². The maximum absolute atomic E-state index is 15.0. The first-order valence-corrected chi connectivity index (χ1v) is 12.1. The van der Waals surface area contributed by atoms with Gasteiger partial charge < -0.3 is 4.74 Å². The molecule has 0 saturated carbocycles. The average Bonchev–Trinajstić information content (AvgIpc) is 2.81. The molecular weight excluding hydrogens is 725 g/mol. The van der Waals surface area contributed by atoms with Crippen molar-refractivity contribution in [3.63, 3.8) is 0 Å². The number of carbonyl (C=O) groups excluding carboxylic acids is 1. The van der Waals surface area contributed by atoms with Crippen molar-refractivity contribution in [1.82, 2.24) is 4.31 Å². The Morgan fingerprint density at radius 1 is 0.622 bits per heavy atom. The topological polar surface area (TPSA) is 63.7 Å². The number of sulfonamides is 1. The minimum atomic E-state index is -9.28. The van der Waals surface area contributed by atoms with E-state index in [0.717, 1.165) is 6.92 Å². The van der Waals surface area contributed by atoms with Gasteiger partial charge in [-0.2, -0.15) is 92.2 Å². The molecule has 0 bridgehead atoms. The highest BCUT2D eigenvalue weighted by Crippen LogP contribution is 2.65. The molecule has 0 spiro atoms.